The molecule has 0 spiro atoms. The van der Waals surface area contributed by atoms with Gasteiger partial charge in [-0.15, -0.1) is 0 Å². The highest BCUT2D eigenvalue weighted by atomic mass is 19.1. The van der Waals surface area contributed by atoms with Crippen molar-refractivity contribution < 1.29 is 14.2 Å². The third-order valence-electron chi connectivity index (χ3n) is 3.91. The molecule has 1 aliphatic rings. The Labute approximate surface area is 114 Å². The topological polar surface area (TPSA) is 32.7 Å². The second-order valence-corrected chi connectivity index (χ2v) is 5.22. The van der Waals surface area contributed by atoms with Crippen LogP contribution in [0.4, 0.5) is 4.39 Å². The van der Waals surface area contributed by atoms with E-state index in [1.54, 1.807) is 12.1 Å². The maximum Gasteiger partial charge on any atom is 0.165 e. The van der Waals surface area contributed by atoms with Crippen LogP contribution in [0.3, 0.4) is 0 Å². The monoisotopic (exact) mass is 267 g/mol. The summed E-state index contributed by atoms with van der Waals surface area (Å²) in [7, 11) is 1.44. The number of hydrogen-bond donors (Lipinski definition) is 1. The Hall–Kier alpha value is -1.13. The zero-order valence-electron chi connectivity index (χ0n) is 11.7. The first-order valence-electron chi connectivity index (χ1n) is 6.88. The van der Waals surface area contributed by atoms with Crippen LogP contribution in [-0.4, -0.2) is 36.8 Å². The standard InChI is InChI=1S/C15H22FNO2/c1-3-8-17-9-6-15(18,7-10-17)12-4-5-14(19-2)13(16)11-12/h4-5,11,18H,3,6-10H2,1-2H3. The van der Waals surface area contributed by atoms with E-state index >= 15 is 0 Å². The van der Waals surface area contributed by atoms with Gasteiger partial charge in [0.15, 0.2) is 11.6 Å². The Kier molecular flexibility index (Phi) is 4.42. The van der Waals surface area contributed by atoms with Crippen molar-refractivity contribution in [2.24, 2.45) is 0 Å². The Morgan fingerprint density at radius 2 is 2.05 bits per heavy atom. The molecule has 2 rings (SSSR count). The van der Waals surface area contributed by atoms with Crippen molar-refractivity contribution in [1.82, 2.24) is 4.90 Å². The van der Waals surface area contributed by atoms with E-state index < -0.39 is 11.4 Å². The minimum atomic E-state index is -0.905. The minimum absolute atomic E-state index is 0.218. The van der Waals surface area contributed by atoms with Crippen LogP contribution < -0.4 is 4.74 Å². The van der Waals surface area contributed by atoms with Crippen LogP contribution in [0.1, 0.15) is 31.7 Å². The summed E-state index contributed by atoms with van der Waals surface area (Å²) in [4.78, 5) is 2.34. The first-order chi connectivity index (χ1) is 9.09. The molecule has 3 nitrogen and oxygen atoms in total. The van der Waals surface area contributed by atoms with Gasteiger partial charge in [0.2, 0.25) is 0 Å². The molecule has 0 atom stereocenters. The van der Waals surface area contributed by atoms with Crippen LogP contribution >= 0.6 is 0 Å². The molecular weight excluding hydrogens is 245 g/mol. The second-order valence-electron chi connectivity index (χ2n) is 5.22. The Bertz CT molecular complexity index is 428. The highest BCUT2D eigenvalue weighted by molar-refractivity contribution is 5.32. The molecule has 1 N–H and O–H groups in total. The fourth-order valence-corrected chi connectivity index (χ4v) is 2.71. The predicted molar refractivity (Wildman–Crippen MR) is 72.8 cm³/mol. The molecule has 0 aromatic heterocycles. The molecule has 1 aromatic carbocycles. The van der Waals surface area contributed by atoms with Gasteiger partial charge >= 0.3 is 0 Å². The number of ether oxygens (including phenoxy) is 1. The van der Waals surface area contributed by atoms with Crippen molar-refractivity contribution in [3.63, 3.8) is 0 Å². The van der Waals surface area contributed by atoms with E-state index in [1.807, 2.05) is 0 Å². The first kappa shape index (κ1) is 14.3. The van der Waals surface area contributed by atoms with Crippen LogP contribution in [0.5, 0.6) is 5.75 Å². The van der Waals surface area contributed by atoms with Gasteiger partial charge in [-0.3, -0.25) is 0 Å². The number of methoxy groups -OCH3 is 1. The lowest BCUT2D eigenvalue weighted by Gasteiger charge is -2.38. The average molecular weight is 267 g/mol. The molecule has 0 saturated carbocycles. The Balaban J connectivity index is 2.11. The second kappa shape index (κ2) is 5.88. The summed E-state index contributed by atoms with van der Waals surface area (Å²) < 4.78 is 18.6. The molecule has 1 heterocycles. The van der Waals surface area contributed by atoms with Gasteiger partial charge in [-0.1, -0.05) is 13.0 Å². The molecular formula is C15H22FNO2. The van der Waals surface area contributed by atoms with Crippen molar-refractivity contribution >= 4 is 0 Å². The van der Waals surface area contributed by atoms with Gasteiger partial charge in [0.05, 0.1) is 12.7 Å². The summed E-state index contributed by atoms with van der Waals surface area (Å²) in [6.07, 6.45) is 2.42. The average Bonchev–Trinajstić information content (AvgIpc) is 2.42. The van der Waals surface area contributed by atoms with Crippen LogP contribution in [0.15, 0.2) is 18.2 Å². The predicted octanol–water partition coefficient (Wildman–Crippen LogP) is 2.53. The lowest BCUT2D eigenvalue weighted by atomic mass is 9.84. The van der Waals surface area contributed by atoms with Crippen LogP contribution in [0.25, 0.3) is 0 Å². The number of piperidine rings is 1. The van der Waals surface area contributed by atoms with E-state index in [9.17, 15) is 9.50 Å². The summed E-state index contributed by atoms with van der Waals surface area (Å²) in [5, 5.41) is 10.7. The maximum atomic E-state index is 13.7. The molecule has 1 aromatic rings. The van der Waals surface area contributed by atoms with Gasteiger partial charge in [-0.05, 0) is 43.5 Å². The highest BCUT2D eigenvalue weighted by Crippen LogP contribution is 2.34. The van der Waals surface area contributed by atoms with E-state index in [2.05, 4.69) is 11.8 Å². The maximum absolute atomic E-state index is 13.7. The van der Waals surface area contributed by atoms with Gasteiger partial charge < -0.3 is 14.7 Å². The Morgan fingerprint density at radius 1 is 1.37 bits per heavy atom. The molecule has 0 amide bonds. The van der Waals surface area contributed by atoms with Gasteiger partial charge in [0, 0.05) is 13.1 Å². The third-order valence-corrected chi connectivity index (χ3v) is 3.91. The fourth-order valence-electron chi connectivity index (χ4n) is 2.71. The normalized spacial score (nSPS) is 19.4. The van der Waals surface area contributed by atoms with Gasteiger partial charge in [0.25, 0.3) is 0 Å². The molecule has 0 radical (unpaired) electrons. The molecule has 0 bridgehead atoms. The molecule has 0 unspecified atom stereocenters. The molecule has 1 fully saturated rings. The summed E-state index contributed by atoms with van der Waals surface area (Å²) in [6.45, 7) is 4.93. The third kappa shape index (κ3) is 3.07. The Morgan fingerprint density at radius 3 is 2.58 bits per heavy atom. The molecule has 1 aliphatic heterocycles. The summed E-state index contributed by atoms with van der Waals surface area (Å²) in [5.74, 6) is -0.194. The number of nitrogens with zero attached hydrogens (tertiary/aromatic N) is 1. The van der Waals surface area contributed by atoms with Crippen molar-refractivity contribution in [3.8, 4) is 5.75 Å². The van der Waals surface area contributed by atoms with Gasteiger partial charge in [0.1, 0.15) is 0 Å². The summed E-state index contributed by atoms with van der Waals surface area (Å²) >= 11 is 0. The van der Waals surface area contributed by atoms with E-state index in [4.69, 9.17) is 4.74 Å². The number of aliphatic hydroxyl groups is 1. The van der Waals surface area contributed by atoms with Crippen LogP contribution in [0.2, 0.25) is 0 Å². The molecule has 106 valence electrons. The van der Waals surface area contributed by atoms with Crippen LogP contribution in [0, 0.1) is 5.82 Å². The van der Waals surface area contributed by atoms with Crippen molar-refractivity contribution in [3.05, 3.63) is 29.6 Å². The zero-order chi connectivity index (χ0) is 13.9. The van der Waals surface area contributed by atoms with Crippen molar-refractivity contribution in [2.45, 2.75) is 31.8 Å². The van der Waals surface area contributed by atoms with Gasteiger partial charge in [-0.25, -0.2) is 4.39 Å². The SMILES string of the molecule is CCCN1CCC(O)(c2ccc(OC)c(F)c2)CC1. The number of hydrogen-bond acceptors (Lipinski definition) is 3. The molecule has 19 heavy (non-hydrogen) atoms. The van der Waals surface area contributed by atoms with E-state index in [0.29, 0.717) is 18.4 Å². The summed E-state index contributed by atoms with van der Waals surface area (Å²) in [6, 6.07) is 4.74. The van der Waals surface area contributed by atoms with Gasteiger partial charge in [-0.2, -0.15) is 0 Å². The highest BCUT2D eigenvalue weighted by Gasteiger charge is 2.34. The number of benzene rings is 1. The van der Waals surface area contributed by atoms with Crippen molar-refractivity contribution in [2.75, 3.05) is 26.7 Å². The largest absolute Gasteiger partial charge is 0.494 e. The molecule has 1 saturated heterocycles. The van der Waals surface area contributed by atoms with E-state index in [1.165, 1.54) is 13.2 Å². The van der Waals surface area contributed by atoms with Crippen LogP contribution in [-0.2, 0) is 5.60 Å². The van der Waals surface area contributed by atoms with Crippen molar-refractivity contribution in [1.29, 1.82) is 0 Å². The lowest BCUT2D eigenvalue weighted by Crippen LogP contribution is -2.42. The van der Waals surface area contributed by atoms with E-state index in [-0.39, 0.29) is 5.75 Å². The minimum Gasteiger partial charge on any atom is -0.494 e. The number of rotatable bonds is 4. The smallest absolute Gasteiger partial charge is 0.165 e. The number of halogens is 1. The van der Waals surface area contributed by atoms with E-state index in [0.717, 1.165) is 26.1 Å². The summed E-state index contributed by atoms with van der Waals surface area (Å²) in [5.41, 5.74) is -0.251. The number of likely N-dealkylation sites (tertiary alicyclic amines) is 1. The fraction of sp³-hybridized carbons (Fsp3) is 0.600. The quantitative estimate of drug-likeness (QED) is 0.910. The molecule has 4 heteroatoms. The molecule has 0 aliphatic carbocycles. The lowest BCUT2D eigenvalue weighted by molar-refractivity contribution is -0.0260. The zero-order valence-corrected chi connectivity index (χ0v) is 11.7. The first-order valence-corrected chi connectivity index (χ1v) is 6.88.